The lowest BCUT2D eigenvalue weighted by atomic mass is 10.3. The summed E-state index contributed by atoms with van der Waals surface area (Å²) < 4.78 is 5.25. The zero-order valence-corrected chi connectivity index (χ0v) is 10.7. The zero-order chi connectivity index (χ0) is 11.8. The monoisotopic (exact) mass is 248 g/mol. The Balaban J connectivity index is 2.17. The first-order chi connectivity index (χ1) is 7.77. The molecule has 94 valence electrons. The van der Waals surface area contributed by atoms with Crippen LogP contribution in [0.2, 0.25) is 0 Å². The number of hydrogen-bond acceptors (Lipinski definition) is 3. The summed E-state index contributed by atoms with van der Waals surface area (Å²) in [7, 11) is 0. The molecule has 0 aromatic carbocycles. The van der Waals surface area contributed by atoms with Crippen molar-refractivity contribution in [2.45, 2.75) is 13.3 Å². The molecule has 1 fully saturated rings. The quantitative estimate of drug-likeness (QED) is 0.515. The summed E-state index contributed by atoms with van der Waals surface area (Å²) in [5.41, 5.74) is 0. The summed E-state index contributed by atoms with van der Waals surface area (Å²) in [4.78, 5) is 15.9. The van der Waals surface area contributed by atoms with Crippen LogP contribution in [0.15, 0.2) is 0 Å². The number of nitrogens with zero attached hydrogens (tertiary/aromatic N) is 2. The smallest absolute Gasteiger partial charge is 0.248 e. The highest BCUT2D eigenvalue weighted by Gasteiger charge is 2.20. The van der Waals surface area contributed by atoms with E-state index in [9.17, 15) is 4.79 Å². The number of alkyl halides is 1. The number of amides is 1. The molecule has 0 spiro atoms. The summed E-state index contributed by atoms with van der Waals surface area (Å²) in [6, 6.07) is 0. The first-order valence-electron chi connectivity index (χ1n) is 5.91. The molecule has 4 nitrogen and oxygen atoms in total. The molecule has 1 aliphatic rings. The predicted octanol–water partition coefficient (Wildman–Crippen LogP) is 0.796. The third-order valence-corrected chi connectivity index (χ3v) is 2.87. The maximum absolute atomic E-state index is 11.7. The van der Waals surface area contributed by atoms with E-state index in [0.29, 0.717) is 12.5 Å². The van der Waals surface area contributed by atoms with Gasteiger partial charge in [-0.15, -0.1) is 11.6 Å². The van der Waals surface area contributed by atoms with Crippen molar-refractivity contribution in [1.29, 1.82) is 0 Å². The van der Waals surface area contributed by atoms with E-state index in [-0.39, 0.29) is 12.5 Å². The van der Waals surface area contributed by atoms with Gasteiger partial charge >= 0.3 is 0 Å². The van der Waals surface area contributed by atoms with Crippen LogP contribution in [0, 0.1) is 0 Å². The van der Waals surface area contributed by atoms with Crippen LogP contribution >= 0.6 is 11.6 Å². The van der Waals surface area contributed by atoms with E-state index in [2.05, 4.69) is 4.90 Å². The first kappa shape index (κ1) is 13.7. The van der Waals surface area contributed by atoms with E-state index in [1.807, 2.05) is 11.8 Å². The van der Waals surface area contributed by atoms with Gasteiger partial charge in [0.05, 0.1) is 0 Å². The second kappa shape index (κ2) is 7.87. The molecule has 1 saturated heterocycles. The normalized spacial score (nSPS) is 17.8. The topological polar surface area (TPSA) is 32.8 Å². The minimum Gasteiger partial charge on any atom is -0.372 e. The van der Waals surface area contributed by atoms with Gasteiger partial charge in [-0.1, -0.05) is 6.92 Å². The summed E-state index contributed by atoms with van der Waals surface area (Å²) in [6.07, 6.45) is 0.955. The van der Waals surface area contributed by atoms with E-state index < -0.39 is 0 Å². The van der Waals surface area contributed by atoms with Crippen LogP contribution in [0.4, 0.5) is 0 Å². The van der Waals surface area contributed by atoms with Gasteiger partial charge in [-0.05, 0) is 6.42 Å². The number of halogens is 1. The van der Waals surface area contributed by atoms with E-state index in [1.54, 1.807) is 0 Å². The molecule has 1 heterocycles. The van der Waals surface area contributed by atoms with Crippen molar-refractivity contribution >= 4 is 17.5 Å². The lowest BCUT2D eigenvalue weighted by molar-refractivity contribution is -0.137. The van der Waals surface area contributed by atoms with Gasteiger partial charge in [-0.3, -0.25) is 9.69 Å². The van der Waals surface area contributed by atoms with Gasteiger partial charge in [-0.2, -0.15) is 0 Å². The van der Waals surface area contributed by atoms with E-state index in [4.69, 9.17) is 16.3 Å². The molecule has 1 aliphatic heterocycles. The highest BCUT2D eigenvalue weighted by atomic mass is 35.5. The number of carbonyl (C=O) groups excluding carboxylic acids is 1. The molecule has 0 aromatic heterocycles. The van der Waals surface area contributed by atoms with Gasteiger partial charge in [0, 0.05) is 45.2 Å². The minimum absolute atomic E-state index is 0.110. The Morgan fingerprint density at radius 2 is 2.00 bits per heavy atom. The molecule has 0 unspecified atom stereocenters. The fourth-order valence-corrected chi connectivity index (χ4v) is 1.97. The number of carbonyl (C=O) groups is 1. The van der Waals surface area contributed by atoms with Crippen LogP contribution in [0.5, 0.6) is 0 Å². The molecule has 0 aliphatic carbocycles. The van der Waals surface area contributed by atoms with Gasteiger partial charge in [0.2, 0.25) is 5.91 Å². The number of rotatable bonds is 6. The molecule has 1 rings (SSSR count). The Kier molecular flexibility index (Phi) is 6.76. The molecule has 0 N–H and O–H groups in total. The van der Waals surface area contributed by atoms with Crippen LogP contribution < -0.4 is 0 Å². The Morgan fingerprint density at radius 3 is 2.56 bits per heavy atom. The third kappa shape index (κ3) is 4.68. The molecule has 0 aromatic rings. The van der Waals surface area contributed by atoms with Crippen LogP contribution in [0.25, 0.3) is 0 Å². The fraction of sp³-hybridized carbons (Fsp3) is 0.909. The van der Waals surface area contributed by atoms with Crippen LogP contribution in [0.1, 0.15) is 13.3 Å². The Hall–Kier alpha value is -0.320. The van der Waals surface area contributed by atoms with Crippen LogP contribution in [-0.2, 0) is 9.53 Å². The number of ether oxygens (including phenoxy) is 1. The van der Waals surface area contributed by atoms with Crippen LogP contribution in [0.3, 0.4) is 0 Å². The fourth-order valence-electron chi connectivity index (χ4n) is 1.74. The molecule has 0 saturated carbocycles. The molecule has 0 atom stereocenters. The van der Waals surface area contributed by atoms with Crippen molar-refractivity contribution in [2.24, 2.45) is 0 Å². The van der Waals surface area contributed by atoms with Crippen molar-refractivity contribution in [3.8, 4) is 0 Å². The lowest BCUT2D eigenvalue weighted by Gasteiger charge is -2.34. The lowest BCUT2D eigenvalue weighted by Crippen LogP contribution is -2.50. The Bertz CT molecular complexity index is 206. The van der Waals surface area contributed by atoms with Gasteiger partial charge in [0.25, 0.3) is 0 Å². The predicted molar refractivity (Wildman–Crippen MR) is 64.9 cm³/mol. The second-order valence-corrected chi connectivity index (χ2v) is 4.34. The first-order valence-corrected chi connectivity index (χ1v) is 6.45. The SMILES string of the molecule is CCCOCC(=O)N1CCN(CCCl)CC1. The van der Waals surface area contributed by atoms with E-state index in [1.165, 1.54) is 0 Å². The van der Waals surface area contributed by atoms with Gasteiger partial charge in [0.15, 0.2) is 0 Å². The van der Waals surface area contributed by atoms with Gasteiger partial charge in [-0.25, -0.2) is 0 Å². The van der Waals surface area contributed by atoms with Gasteiger partial charge < -0.3 is 9.64 Å². The van der Waals surface area contributed by atoms with Crippen molar-refractivity contribution in [3.63, 3.8) is 0 Å². The van der Waals surface area contributed by atoms with Crippen LogP contribution in [-0.4, -0.2) is 67.5 Å². The second-order valence-electron chi connectivity index (χ2n) is 3.96. The maximum Gasteiger partial charge on any atom is 0.248 e. The van der Waals surface area contributed by atoms with Gasteiger partial charge in [0.1, 0.15) is 6.61 Å². The number of hydrogen-bond donors (Lipinski definition) is 0. The van der Waals surface area contributed by atoms with Crippen molar-refractivity contribution < 1.29 is 9.53 Å². The molecular formula is C11H21ClN2O2. The van der Waals surface area contributed by atoms with E-state index in [0.717, 1.165) is 39.1 Å². The summed E-state index contributed by atoms with van der Waals surface area (Å²) in [6.45, 7) is 7.28. The molecule has 0 bridgehead atoms. The largest absolute Gasteiger partial charge is 0.372 e. The Morgan fingerprint density at radius 1 is 1.31 bits per heavy atom. The highest BCUT2D eigenvalue weighted by molar-refractivity contribution is 6.18. The minimum atomic E-state index is 0.110. The zero-order valence-electron chi connectivity index (χ0n) is 9.95. The average molecular weight is 249 g/mol. The highest BCUT2D eigenvalue weighted by Crippen LogP contribution is 2.02. The third-order valence-electron chi connectivity index (χ3n) is 2.70. The molecule has 1 amide bonds. The molecule has 16 heavy (non-hydrogen) atoms. The van der Waals surface area contributed by atoms with Crippen molar-refractivity contribution in [3.05, 3.63) is 0 Å². The van der Waals surface area contributed by atoms with Crippen molar-refractivity contribution in [1.82, 2.24) is 9.80 Å². The van der Waals surface area contributed by atoms with Crippen molar-refractivity contribution in [2.75, 3.05) is 51.8 Å². The standard InChI is InChI=1S/C11H21ClN2O2/c1-2-9-16-10-11(15)14-7-5-13(4-3-12)6-8-14/h2-10H2,1H3. The molecular weight excluding hydrogens is 228 g/mol. The molecule has 5 heteroatoms. The average Bonchev–Trinajstić information content (AvgIpc) is 2.30. The number of piperazine rings is 1. The maximum atomic E-state index is 11.7. The summed E-state index contributed by atoms with van der Waals surface area (Å²) >= 11 is 5.68. The summed E-state index contributed by atoms with van der Waals surface area (Å²) in [5, 5.41) is 0. The Labute approximate surface area is 102 Å². The molecule has 0 radical (unpaired) electrons. The van der Waals surface area contributed by atoms with E-state index >= 15 is 0 Å². The summed E-state index contributed by atoms with van der Waals surface area (Å²) in [5.74, 6) is 0.770.